The molecule has 0 saturated heterocycles. The van der Waals surface area contributed by atoms with Gasteiger partial charge in [0.15, 0.2) is 5.82 Å². The van der Waals surface area contributed by atoms with Gasteiger partial charge in [0.05, 0.1) is 12.1 Å². The highest BCUT2D eigenvalue weighted by Gasteiger charge is 2.32. The Bertz CT molecular complexity index is 588. The summed E-state index contributed by atoms with van der Waals surface area (Å²) < 4.78 is 2.06. The van der Waals surface area contributed by atoms with Crippen LogP contribution >= 0.6 is 0 Å². The number of rotatable bonds is 3. The fourth-order valence-corrected chi connectivity index (χ4v) is 2.90. The normalized spacial score (nSPS) is 21.6. The number of nitrogens with two attached hydrogens (primary N) is 1. The maximum atomic E-state index is 6.41. The van der Waals surface area contributed by atoms with Crippen LogP contribution in [0.3, 0.4) is 0 Å². The van der Waals surface area contributed by atoms with Gasteiger partial charge in [0.2, 0.25) is 0 Å². The van der Waals surface area contributed by atoms with Gasteiger partial charge < -0.3 is 5.73 Å². The number of nitrogens with zero attached hydrogens (tertiary/aromatic N) is 3. The highest BCUT2D eigenvalue weighted by molar-refractivity contribution is 5.36. The highest BCUT2D eigenvalue weighted by atomic mass is 15.4. The Morgan fingerprint density at radius 1 is 1.26 bits per heavy atom. The van der Waals surface area contributed by atoms with Crippen molar-refractivity contribution in [3.8, 4) is 0 Å². The average molecular weight is 256 g/mol. The van der Waals surface area contributed by atoms with E-state index in [1.165, 1.54) is 11.1 Å². The number of benzene rings is 1. The van der Waals surface area contributed by atoms with Crippen molar-refractivity contribution in [2.45, 2.75) is 45.2 Å². The minimum atomic E-state index is 0.0212. The van der Waals surface area contributed by atoms with E-state index in [9.17, 15) is 0 Å². The van der Waals surface area contributed by atoms with E-state index in [0.717, 1.165) is 30.9 Å². The van der Waals surface area contributed by atoms with Gasteiger partial charge >= 0.3 is 0 Å². The van der Waals surface area contributed by atoms with Crippen LogP contribution in [0.5, 0.6) is 0 Å². The second-order valence-corrected chi connectivity index (χ2v) is 5.09. The van der Waals surface area contributed by atoms with Crippen LogP contribution in [0.25, 0.3) is 0 Å². The largest absolute Gasteiger partial charge is 0.322 e. The molecule has 0 saturated carbocycles. The maximum Gasteiger partial charge on any atom is 0.150 e. The van der Waals surface area contributed by atoms with Gasteiger partial charge in [-0.15, -0.1) is 0 Å². The molecule has 1 aromatic heterocycles. The van der Waals surface area contributed by atoms with Crippen molar-refractivity contribution in [3.63, 3.8) is 0 Å². The zero-order valence-electron chi connectivity index (χ0n) is 11.5. The first-order valence-corrected chi connectivity index (χ1v) is 7.02. The van der Waals surface area contributed by atoms with E-state index in [-0.39, 0.29) is 12.1 Å². The molecule has 0 radical (unpaired) electrons. The number of aryl methyl sites for hydroxylation is 2. The van der Waals surface area contributed by atoms with Crippen molar-refractivity contribution in [3.05, 3.63) is 47.0 Å². The molecule has 1 aliphatic rings. The van der Waals surface area contributed by atoms with E-state index >= 15 is 0 Å². The van der Waals surface area contributed by atoms with Gasteiger partial charge in [-0.05, 0) is 17.5 Å². The van der Waals surface area contributed by atoms with Crippen molar-refractivity contribution >= 4 is 0 Å². The van der Waals surface area contributed by atoms with E-state index in [4.69, 9.17) is 5.73 Å². The number of aromatic nitrogens is 3. The summed E-state index contributed by atoms with van der Waals surface area (Å²) in [5.74, 6) is 1.96. The Balaban J connectivity index is 1.99. The van der Waals surface area contributed by atoms with Crippen LogP contribution in [0.4, 0.5) is 0 Å². The third kappa shape index (κ3) is 1.96. The summed E-state index contributed by atoms with van der Waals surface area (Å²) in [5, 5.41) is 4.64. The molecule has 4 nitrogen and oxygen atoms in total. The van der Waals surface area contributed by atoms with Gasteiger partial charge in [-0.3, -0.25) is 0 Å². The highest BCUT2D eigenvalue weighted by Crippen LogP contribution is 2.37. The monoisotopic (exact) mass is 256 g/mol. The molecule has 2 aromatic rings. The van der Waals surface area contributed by atoms with Crippen LogP contribution in [-0.4, -0.2) is 14.8 Å². The first-order chi connectivity index (χ1) is 9.24. The number of hydrogen-bond donors (Lipinski definition) is 1. The standard InChI is InChI=1S/C15H20N4/c1-3-13-17-14(4-2)19(18-13)12-9-10-7-5-6-8-11(10)15(12)16/h5-8,12,15H,3-4,9,16H2,1-2H3. The molecular weight excluding hydrogens is 236 g/mol. The smallest absolute Gasteiger partial charge is 0.150 e. The molecule has 0 amide bonds. The summed E-state index contributed by atoms with van der Waals surface area (Å²) in [6, 6.07) is 8.66. The lowest BCUT2D eigenvalue weighted by atomic mass is 10.1. The summed E-state index contributed by atoms with van der Waals surface area (Å²) in [6.45, 7) is 4.20. The Morgan fingerprint density at radius 2 is 2.05 bits per heavy atom. The summed E-state index contributed by atoms with van der Waals surface area (Å²) in [7, 11) is 0. The van der Waals surface area contributed by atoms with Gasteiger partial charge in [-0.25, -0.2) is 9.67 Å². The van der Waals surface area contributed by atoms with Gasteiger partial charge in [0.25, 0.3) is 0 Å². The molecule has 0 aliphatic heterocycles. The fraction of sp³-hybridized carbons (Fsp3) is 0.467. The van der Waals surface area contributed by atoms with Crippen molar-refractivity contribution in [1.82, 2.24) is 14.8 Å². The molecule has 0 spiro atoms. The molecule has 100 valence electrons. The average Bonchev–Trinajstić information content (AvgIpc) is 3.00. The minimum absolute atomic E-state index is 0.0212. The van der Waals surface area contributed by atoms with Crippen molar-refractivity contribution < 1.29 is 0 Å². The summed E-state index contributed by atoms with van der Waals surface area (Å²) in [6.07, 6.45) is 2.72. The Kier molecular flexibility index (Phi) is 3.11. The first kappa shape index (κ1) is 12.4. The lowest BCUT2D eigenvalue weighted by Crippen LogP contribution is -2.23. The lowest BCUT2D eigenvalue weighted by Gasteiger charge is -2.18. The van der Waals surface area contributed by atoms with Crippen LogP contribution in [0.15, 0.2) is 24.3 Å². The van der Waals surface area contributed by atoms with Crippen molar-refractivity contribution in [1.29, 1.82) is 0 Å². The zero-order chi connectivity index (χ0) is 13.4. The van der Waals surface area contributed by atoms with E-state index in [1.807, 2.05) is 0 Å². The molecule has 19 heavy (non-hydrogen) atoms. The lowest BCUT2D eigenvalue weighted by molar-refractivity contribution is 0.395. The van der Waals surface area contributed by atoms with Gasteiger partial charge in [-0.2, -0.15) is 5.10 Å². The number of hydrogen-bond acceptors (Lipinski definition) is 3. The molecule has 0 bridgehead atoms. The predicted octanol–water partition coefficient (Wildman–Crippen LogP) is 2.20. The van der Waals surface area contributed by atoms with Gasteiger partial charge in [-0.1, -0.05) is 38.1 Å². The van der Waals surface area contributed by atoms with Gasteiger partial charge in [0.1, 0.15) is 5.82 Å². The van der Waals surface area contributed by atoms with Crippen molar-refractivity contribution in [2.24, 2.45) is 5.73 Å². The zero-order valence-corrected chi connectivity index (χ0v) is 11.5. The minimum Gasteiger partial charge on any atom is -0.322 e. The second kappa shape index (κ2) is 4.78. The molecule has 0 fully saturated rings. The maximum absolute atomic E-state index is 6.41. The fourth-order valence-electron chi connectivity index (χ4n) is 2.90. The Morgan fingerprint density at radius 3 is 2.74 bits per heavy atom. The van der Waals surface area contributed by atoms with Crippen molar-refractivity contribution in [2.75, 3.05) is 0 Å². The SMILES string of the molecule is CCc1nc(CC)n(C2Cc3ccccc3C2N)n1. The second-order valence-electron chi connectivity index (χ2n) is 5.09. The van der Waals surface area contributed by atoms with E-state index < -0.39 is 0 Å². The summed E-state index contributed by atoms with van der Waals surface area (Å²) in [5.41, 5.74) is 9.00. The van der Waals surface area contributed by atoms with Crippen LogP contribution in [0.1, 0.15) is 48.7 Å². The van der Waals surface area contributed by atoms with Crippen LogP contribution in [0.2, 0.25) is 0 Å². The molecule has 1 heterocycles. The van der Waals surface area contributed by atoms with E-state index in [1.54, 1.807) is 0 Å². The summed E-state index contributed by atoms with van der Waals surface area (Å²) >= 11 is 0. The van der Waals surface area contributed by atoms with Crippen LogP contribution in [0, 0.1) is 0 Å². The topological polar surface area (TPSA) is 56.7 Å². The summed E-state index contributed by atoms with van der Waals surface area (Å²) in [4.78, 5) is 4.59. The first-order valence-electron chi connectivity index (χ1n) is 7.02. The molecule has 2 unspecified atom stereocenters. The molecule has 3 rings (SSSR count). The molecular formula is C15H20N4. The Labute approximate surface area is 113 Å². The van der Waals surface area contributed by atoms with E-state index in [2.05, 4.69) is 52.9 Å². The number of fused-ring (bicyclic) bond motifs is 1. The van der Waals surface area contributed by atoms with Gasteiger partial charge in [0, 0.05) is 12.8 Å². The Hall–Kier alpha value is -1.68. The third-order valence-electron chi connectivity index (χ3n) is 3.95. The molecule has 4 heteroatoms. The third-order valence-corrected chi connectivity index (χ3v) is 3.95. The predicted molar refractivity (Wildman–Crippen MR) is 74.9 cm³/mol. The van der Waals surface area contributed by atoms with Crippen LogP contribution < -0.4 is 5.73 Å². The quantitative estimate of drug-likeness (QED) is 0.916. The molecule has 2 atom stereocenters. The van der Waals surface area contributed by atoms with Crippen LogP contribution in [-0.2, 0) is 19.3 Å². The van der Waals surface area contributed by atoms with E-state index in [0.29, 0.717) is 0 Å². The molecule has 1 aliphatic carbocycles. The molecule has 1 aromatic carbocycles. The molecule has 2 N–H and O–H groups in total.